The van der Waals surface area contributed by atoms with Gasteiger partial charge in [0.25, 0.3) is 5.91 Å². The molecule has 5 nitrogen and oxygen atoms in total. The molecule has 2 aliphatic rings. The van der Waals surface area contributed by atoms with Crippen molar-refractivity contribution in [1.29, 1.82) is 0 Å². The number of allylic oxidation sites excluding steroid dienone is 1. The number of fused-ring (bicyclic) bond motifs is 1. The van der Waals surface area contributed by atoms with Crippen LogP contribution in [0.4, 0.5) is 5.69 Å². The minimum atomic E-state index is -0.418. The molecule has 126 valence electrons. The van der Waals surface area contributed by atoms with Gasteiger partial charge in [0.15, 0.2) is 5.17 Å². The highest BCUT2D eigenvalue weighted by molar-refractivity contribution is 8.15. The Morgan fingerprint density at radius 3 is 2.76 bits per heavy atom. The van der Waals surface area contributed by atoms with Gasteiger partial charge in [-0.25, -0.2) is 4.99 Å². The molecule has 1 fully saturated rings. The van der Waals surface area contributed by atoms with Gasteiger partial charge in [0.2, 0.25) is 5.91 Å². The Kier molecular flexibility index (Phi) is 4.19. The highest BCUT2D eigenvalue weighted by Crippen LogP contribution is 2.42. The smallest absolute Gasteiger partial charge is 0.255 e. The van der Waals surface area contributed by atoms with Crippen LogP contribution in [-0.2, 0) is 9.59 Å². The quantitative estimate of drug-likeness (QED) is 0.898. The van der Waals surface area contributed by atoms with Gasteiger partial charge in [-0.05, 0) is 30.5 Å². The maximum Gasteiger partial charge on any atom is 0.255 e. The predicted molar refractivity (Wildman–Crippen MR) is 102 cm³/mol. The van der Waals surface area contributed by atoms with Crippen molar-refractivity contribution in [3.8, 4) is 0 Å². The second-order valence-corrected chi connectivity index (χ2v) is 7.61. The topological polar surface area (TPSA) is 61.8 Å². The monoisotopic (exact) mass is 369 g/mol. The van der Waals surface area contributed by atoms with Crippen LogP contribution in [0.2, 0.25) is 0 Å². The van der Waals surface area contributed by atoms with E-state index in [1.54, 1.807) is 4.90 Å². The first-order chi connectivity index (χ1) is 12.1. The lowest BCUT2D eigenvalue weighted by Crippen LogP contribution is -2.40. The standard InChI is InChI=1S/C18H15N3O2S2/c1-11-15(17(23)20-12-6-3-2-4-7-12)16(13-8-5-9-24-13)21-14(22)10-25-18(21)19-11/h2-9,16H,10H2,1H3,(H,20,23). The molecule has 0 spiro atoms. The van der Waals surface area contributed by atoms with E-state index in [4.69, 9.17) is 0 Å². The summed E-state index contributed by atoms with van der Waals surface area (Å²) < 4.78 is 0. The second kappa shape index (κ2) is 6.50. The third kappa shape index (κ3) is 2.89. The van der Waals surface area contributed by atoms with Gasteiger partial charge in [-0.1, -0.05) is 36.0 Å². The van der Waals surface area contributed by atoms with E-state index in [0.717, 1.165) is 10.6 Å². The zero-order valence-corrected chi connectivity index (χ0v) is 15.1. The number of hydrogen-bond acceptors (Lipinski definition) is 5. The molecule has 3 heterocycles. The molecule has 0 saturated carbocycles. The van der Waals surface area contributed by atoms with Gasteiger partial charge in [-0.3, -0.25) is 14.5 Å². The number of carbonyl (C=O) groups excluding carboxylic acids is 2. The van der Waals surface area contributed by atoms with Crippen LogP contribution in [0.3, 0.4) is 0 Å². The number of nitrogens with zero attached hydrogens (tertiary/aromatic N) is 2. The van der Waals surface area contributed by atoms with Gasteiger partial charge >= 0.3 is 0 Å². The van der Waals surface area contributed by atoms with Crippen molar-refractivity contribution in [2.45, 2.75) is 13.0 Å². The first-order valence-corrected chi connectivity index (χ1v) is 9.66. The van der Waals surface area contributed by atoms with Crippen molar-refractivity contribution in [2.24, 2.45) is 4.99 Å². The molecule has 1 atom stereocenters. The van der Waals surface area contributed by atoms with E-state index in [9.17, 15) is 9.59 Å². The Morgan fingerprint density at radius 2 is 2.04 bits per heavy atom. The molecule has 2 aromatic rings. The van der Waals surface area contributed by atoms with Crippen LogP contribution in [0.15, 0.2) is 64.1 Å². The fourth-order valence-corrected chi connectivity index (χ4v) is 4.73. The number of para-hydroxylation sites is 1. The Morgan fingerprint density at radius 1 is 1.24 bits per heavy atom. The van der Waals surface area contributed by atoms with Crippen molar-refractivity contribution in [3.05, 3.63) is 64.0 Å². The van der Waals surface area contributed by atoms with Crippen molar-refractivity contribution >= 4 is 45.8 Å². The molecular weight excluding hydrogens is 354 g/mol. The lowest BCUT2D eigenvalue weighted by Gasteiger charge is -2.32. The third-order valence-corrected chi connectivity index (χ3v) is 5.94. The van der Waals surface area contributed by atoms with Gasteiger partial charge in [-0.2, -0.15) is 0 Å². The Hall–Kier alpha value is -2.38. The normalized spacial score (nSPS) is 19.7. The van der Waals surface area contributed by atoms with Crippen LogP contribution in [0, 0.1) is 0 Å². The number of thioether (sulfide) groups is 1. The number of benzene rings is 1. The summed E-state index contributed by atoms with van der Waals surface area (Å²) in [6.07, 6.45) is 0. The van der Waals surface area contributed by atoms with Gasteiger partial charge < -0.3 is 5.32 Å². The molecule has 1 N–H and O–H groups in total. The molecule has 0 bridgehead atoms. The summed E-state index contributed by atoms with van der Waals surface area (Å²) in [6, 6.07) is 12.8. The largest absolute Gasteiger partial charge is 0.322 e. The van der Waals surface area contributed by atoms with Crippen LogP contribution < -0.4 is 5.32 Å². The zero-order chi connectivity index (χ0) is 17.4. The summed E-state index contributed by atoms with van der Waals surface area (Å²) in [5, 5.41) is 5.56. The number of anilines is 1. The Labute approximate surface area is 153 Å². The minimum absolute atomic E-state index is 0.0142. The molecule has 25 heavy (non-hydrogen) atoms. The Bertz CT molecular complexity index is 888. The van der Waals surface area contributed by atoms with Crippen molar-refractivity contribution in [3.63, 3.8) is 0 Å². The van der Waals surface area contributed by atoms with Gasteiger partial charge in [0.1, 0.15) is 6.04 Å². The van der Waals surface area contributed by atoms with E-state index in [-0.39, 0.29) is 11.8 Å². The minimum Gasteiger partial charge on any atom is -0.322 e. The van der Waals surface area contributed by atoms with Crippen LogP contribution in [0.25, 0.3) is 0 Å². The van der Waals surface area contributed by atoms with E-state index in [2.05, 4.69) is 10.3 Å². The number of amidine groups is 1. The van der Waals surface area contributed by atoms with Crippen LogP contribution in [0.5, 0.6) is 0 Å². The van der Waals surface area contributed by atoms with Crippen LogP contribution in [-0.4, -0.2) is 27.6 Å². The molecule has 1 saturated heterocycles. The number of rotatable bonds is 3. The second-order valence-electron chi connectivity index (χ2n) is 5.68. The lowest BCUT2D eigenvalue weighted by molar-refractivity contribution is -0.125. The number of aliphatic imine (C=N–C) groups is 1. The summed E-state index contributed by atoms with van der Waals surface area (Å²) >= 11 is 2.96. The van der Waals surface area contributed by atoms with Gasteiger partial charge in [-0.15, -0.1) is 11.3 Å². The van der Waals surface area contributed by atoms with Crippen LogP contribution >= 0.6 is 23.1 Å². The summed E-state index contributed by atoms with van der Waals surface area (Å²) in [6.45, 7) is 1.83. The van der Waals surface area contributed by atoms with Crippen molar-refractivity contribution in [2.75, 3.05) is 11.1 Å². The fourth-order valence-electron chi connectivity index (χ4n) is 2.97. The summed E-state index contributed by atoms with van der Waals surface area (Å²) in [5.41, 5.74) is 1.89. The highest BCUT2D eigenvalue weighted by atomic mass is 32.2. The molecule has 0 aliphatic carbocycles. The summed E-state index contributed by atoms with van der Waals surface area (Å²) in [5.74, 6) is 0.121. The lowest BCUT2D eigenvalue weighted by atomic mass is 9.99. The van der Waals surface area contributed by atoms with E-state index in [1.807, 2.05) is 54.8 Å². The maximum atomic E-state index is 13.0. The molecule has 0 radical (unpaired) electrons. The third-order valence-electron chi connectivity index (χ3n) is 4.07. The molecule has 4 rings (SSSR count). The summed E-state index contributed by atoms with van der Waals surface area (Å²) in [7, 11) is 0. The number of carbonyl (C=O) groups is 2. The van der Waals surface area contributed by atoms with E-state index in [0.29, 0.717) is 22.2 Å². The van der Waals surface area contributed by atoms with Crippen molar-refractivity contribution in [1.82, 2.24) is 4.90 Å². The SMILES string of the molecule is CC1=C(C(=O)Nc2ccccc2)C(c2cccs2)N2C(=O)CSC2=N1. The van der Waals surface area contributed by atoms with E-state index >= 15 is 0 Å². The highest BCUT2D eigenvalue weighted by Gasteiger charge is 2.43. The van der Waals surface area contributed by atoms with Gasteiger partial charge in [0, 0.05) is 10.6 Å². The van der Waals surface area contributed by atoms with Crippen molar-refractivity contribution < 1.29 is 9.59 Å². The van der Waals surface area contributed by atoms with Crippen LogP contribution in [0.1, 0.15) is 17.8 Å². The average Bonchev–Trinajstić information content (AvgIpc) is 3.25. The molecule has 1 aromatic carbocycles. The first-order valence-electron chi connectivity index (χ1n) is 7.79. The summed E-state index contributed by atoms with van der Waals surface area (Å²) in [4.78, 5) is 32.5. The number of hydrogen-bond donors (Lipinski definition) is 1. The Balaban J connectivity index is 1.76. The predicted octanol–water partition coefficient (Wildman–Crippen LogP) is 3.65. The fraction of sp³-hybridized carbons (Fsp3) is 0.167. The molecular formula is C18H15N3O2S2. The molecule has 7 heteroatoms. The average molecular weight is 369 g/mol. The molecule has 1 aromatic heterocycles. The number of thiophene rings is 1. The number of nitrogens with one attached hydrogen (secondary N) is 1. The maximum absolute atomic E-state index is 13.0. The molecule has 2 aliphatic heterocycles. The molecule has 1 unspecified atom stereocenters. The van der Waals surface area contributed by atoms with E-state index in [1.165, 1.54) is 23.1 Å². The van der Waals surface area contributed by atoms with Gasteiger partial charge in [0.05, 0.1) is 17.0 Å². The zero-order valence-electron chi connectivity index (χ0n) is 13.4. The van der Waals surface area contributed by atoms with E-state index < -0.39 is 6.04 Å². The number of amides is 2. The first kappa shape index (κ1) is 16.1. The molecule has 2 amide bonds.